The fourth-order valence-corrected chi connectivity index (χ4v) is 10.8. The summed E-state index contributed by atoms with van der Waals surface area (Å²) >= 11 is 0. The minimum Gasteiger partial charge on any atom is -0.468 e. The molecule has 13 nitrogen and oxygen atoms in total. The summed E-state index contributed by atoms with van der Waals surface area (Å²) in [4.78, 5) is 78.7. The highest BCUT2D eigenvalue weighted by Crippen LogP contribution is 2.61. The molecule has 3 aromatic heterocycles. The first-order valence-electron chi connectivity index (χ1n) is 23.1. The first kappa shape index (κ1) is 45.1. The lowest BCUT2D eigenvalue weighted by molar-refractivity contribution is -0.155. The van der Waals surface area contributed by atoms with Crippen molar-refractivity contribution in [2.75, 3.05) is 35.5 Å². The van der Waals surface area contributed by atoms with Crippen LogP contribution in [0.3, 0.4) is 0 Å². The normalized spacial score (nSPS) is 16.7. The van der Waals surface area contributed by atoms with E-state index in [1.54, 1.807) is 13.1 Å². The van der Waals surface area contributed by atoms with Crippen LogP contribution >= 0.6 is 0 Å². The van der Waals surface area contributed by atoms with Crippen LogP contribution < -0.4 is 0 Å². The molecule has 11 rings (SSSR count). The number of esters is 4. The van der Waals surface area contributed by atoms with Crippen LogP contribution in [0.4, 0.5) is 0 Å². The van der Waals surface area contributed by atoms with Gasteiger partial charge < -0.3 is 33.8 Å². The van der Waals surface area contributed by atoms with Gasteiger partial charge in [-0.05, 0) is 64.7 Å². The molecule has 0 saturated heterocycles. The molecule has 2 unspecified atom stereocenters. The van der Waals surface area contributed by atoms with Gasteiger partial charge in [0.25, 0.3) is 0 Å². The lowest BCUT2D eigenvalue weighted by Crippen LogP contribution is -2.52. The molecule has 354 valence electrons. The van der Waals surface area contributed by atoms with E-state index in [0.29, 0.717) is 44.7 Å². The Hall–Kier alpha value is -9.36. The SMILES string of the molecule is COC(=O)C1=CC2=C(c3nc2c(-c2ccccc2)c2ccc([nH]2)c(-c2ccccc2)c2nc(c(-c4ccccc4)c4ccc([nH]4)c3-c3ccccc3)C=C2)C2N(C)C(C(=O)OC)=C(C(=O)OC)C12C(=O)OC. The number of methoxy groups -OCH3 is 4. The van der Waals surface area contributed by atoms with Gasteiger partial charge in [0.15, 0.2) is 5.41 Å². The van der Waals surface area contributed by atoms with Crippen LogP contribution in [0.2, 0.25) is 0 Å². The molecule has 72 heavy (non-hydrogen) atoms. The van der Waals surface area contributed by atoms with Crippen LogP contribution in [0, 0.1) is 5.41 Å². The van der Waals surface area contributed by atoms with Gasteiger partial charge in [-0.25, -0.2) is 24.4 Å². The molecular formula is C59H45N5O8. The molecule has 2 atom stereocenters. The Morgan fingerprint density at radius 2 is 0.917 bits per heavy atom. The average Bonchev–Trinajstić information content (AvgIpc) is 4.29. The monoisotopic (exact) mass is 951 g/mol. The van der Waals surface area contributed by atoms with Crippen LogP contribution in [0.15, 0.2) is 169 Å². The smallest absolute Gasteiger partial charge is 0.354 e. The van der Waals surface area contributed by atoms with Gasteiger partial charge in [-0.2, -0.15) is 0 Å². The molecule has 7 aromatic rings. The van der Waals surface area contributed by atoms with Crippen molar-refractivity contribution in [3.05, 3.63) is 191 Å². The van der Waals surface area contributed by atoms with Crippen molar-refractivity contribution in [2.24, 2.45) is 5.41 Å². The third-order valence-corrected chi connectivity index (χ3v) is 13.8. The number of nitrogens with zero attached hydrogens (tertiary/aromatic N) is 3. The third kappa shape index (κ3) is 6.84. The Labute approximate surface area is 413 Å². The molecule has 0 fully saturated rings. The molecule has 0 spiro atoms. The van der Waals surface area contributed by atoms with Crippen LogP contribution in [-0.4, -0.2) is 90.2 Å². The maximum atomic E-state index is 15.2. The van der Waals surface area contributed by atoms with Crippen LogP contribution in [-0.2, 0) is 38.1 Å². The number of fused-ring (bicyclic) bond motifs is 12. The number of hydrogen-bond acceptors (Lipinski definition) is 11. The van der Waals surface area contributed by atoms with Crippen molar-refractivity contribution in [1.82, 2.24) is 24.8 Å². The zero-order chi connectivity index (χ0) is 49.8. The Morgan fingerprint density at radius 1 is 0.500 bits per heavy atom. The quantitative estimate of drug-likeness (QED) is 0.110. The number of carbonyl (C=O) groups is 4. The maximum absolute atomic E-state index is 15.2. The summed E-state index contributed by atoms with van der Waals surface area (Å²) in [6.45, 7) is 0. The number of hydrogen-bond donors (Lipinski definition) is 2. The van der Waals surface area contributed by atoms with E-state index in [2.05, 4.69) is 22.1 Å². The number of aromatic nitrogens is 4. The number of H-pyrrole nitrogens is 2. The average molecular weight is 952 g/mol. The van der Waals surface area contributed by atoms with Gasteiger partial charge in [-0.15, -0.1) is 0 Å². The zero-order valence-corrected chi connectivity index (χ0v) is 39.8. The minimum atomic E-state index is -2.37. The first-order valence-corrected chi connectivity index (χ1v) is 23.1. The molecular weight excluding hydrogens is 907 g/mol. The molecule has 0 radical (unpaired) electrons. The summed E-state index contributed by atoms with van der Waals surface area (Å²) in [6.07, 6.45) is 5.61. The van der Waals surface area contributed by atoms with Gasteiger partial charge in [0.2, 0.25) is 0 Å². The molecule has 8 bridgehead atoms. The number of allylic oxidation sites excluding steroid dienone is 2. The standard InChI is InChI=1S/C59H45N5O8/c1-64-53(57(67)71-4)50(56(66)70-3)59(58(68)72-5)38(55(65)69-2)32-37-49(54(59)64)52-48(36-24-16-9-17-25-36)44-31-29-42(62-44)46(34-20-12-7-13-21-34)40-27-26-39(60-40)45(33-18-10-6-11-19-33)41-28-30-43(61-41)47(51(37)63-52)35-22-14-8-15-23-35/h6-32,54,61-62H,1-5H3. The van der Waals surface area contributed by atoms with E-state index in [-0.39, 0.29) is 11.3 Å². The Bertz CT molecular complexity index is 3720. The van der Waals surface area contributed by atoms with Gasteiger partial charge in [-0.3, -0.25) is 4.79 Å². The number of aromatic amines is 2. The highest BCUT2D eigenvalue weighted by molar-refractivity contribution is 6.21. The van der Waals surface area contributed by atoms with E-state index in [9.17, 15) is 14.4 Å². The molecule has 4 aliphatic rings. The van der Waals surface area contributed by atoms with Crippen LogP contribution in [0.1, 0.15) is 22.8 Å². The molecule has 6 heterocycles. The fourth-order valence-electron chi connectivity index (χ4n) is 10.8. The Morgan fingerprint density at radius 3 is 1.35 bits per heavy atom. The van der Waals surface area contributed by atoms with Gasteiger partial charge in [0.05, 0.1) is 68.4 Å². The lowest BCUT2D eigenvalue weighted by atomic mass is 9.63. The molecule has 2 N–H and O–H groups in total. The summed E-state index contributed by atoms with van der Waals surface area (Å²) in [5.41, 5.74) is 8.75. The van der Waals surface area contributed by atoms with Gasteiger partial charge in [0.1, 0.15) is 5.70 Å². The predicted molar refractivity (Wildman–Crippen MR) is 276 cm³/mol. The lowest BCUT2D eigenvalue weighted by Gasteiger charge is -2.41. The summed E-state index contributed by atoms with van der Waals surface area (Å²) in [6, 6.07) is 46.1. The second-order valence-corrected chi connectivity index (χ2v) is 17.5. The molecule has 13 heteroatoms. The molecule has 0 amide bonds. The number of ether oxygens (including phenoxy) is 4. The third-order valence-electron chi connectivity index (χ3n) is 13.8. The van der Waals surface area contributed by atoms with Gasteiger partial charge in [0, 0.05) is 62.5 Å². The van der Waals surface area contributed by atoms with Crippen LogP contribution in [0.5, 0.6) is 0 Å². The zero-order valence-electron chi connectivity index (χ0n) is 39.8. The van der Waals surface area contributed by atoms with E-state index in [0.717, 1.165) is 70.0 Å². The highest BCUT2D eigenvalue weighted by Gasteiger charge is 2.69. The highest BCUT2D eigenvalue weighted by atomic mass is 16.5. The molecule has 0 saturated carbocycles. The second-order valence-electron chi connectivity index (χ2n) is 17.5. The number of likely N-dealkylation sites (N-methyl/N-ethyl adjacent to an activating group) is 1. The van der Waals surface area contributed by atoms with Gasteiger partial charge >= 0.3 is 23.9 Å². The number of rotatable bonds is 8. The van der Waals surface area contributed by atoms with Crippen molar-refractivity contribution in [2.45, 2.75) is 6.04 Å². The predicted octanol–water partition coefficient (Wildman–Crippen LogP) is 10.3. The van der Waals surface area contributed by atoms with Crippen molar-refractivity contribution >= 4 is 69.2 Å². The largest absolute Gasteiger partial charge is 0.468 e. The Balaban J connectivity index is 1.41. The number of carbonyl (C=O) groups excluding carboxylic acids is 4. The van der Waals surface area contributed by atoms with Crippen LogP contribution in [0.25, 0.3) is 89.9 Å². The molecule has 1 aliphatic carbocycles. The number of benzene rings is 4. The summed E-state index contributed by atoms with van der Waals surface area (Å²) < 4.78 is 21.9. The fraction of sp³-hybridized carbons (Fsp3) is 0.119. The van der Waals surface area contributed by atoms with E-state index < -0.39 is 40.9 Å². The summed E-state index contributed by atoms with van der Waals surface area (Å²) in [5, 5.41) is 0. The topological polar surface area (TPSA) is 166 Å². The van der Waals surface area contributed by atoms with E-state index in [1.807, 2.05) is 146 Å². The second kappa shape index (κ2) is 17.9. The summed E-state index contributed by atoms with van der Waals surface area (Å²) in [5.74, 6) is -4.00. The Kier molecular flexibility index (Phi) is 11.2. The summed E-state index contributed by atoms with van der Waals surface area (Å²) in [7, 11) is 6.20. The van der Waals surface area contributed by atoms with E-state index >= 15 is 4.79 Å². The van der Waals surface area contributed by atoms with Crippen molar-refractivity contribution in [1.29, 1.82) is 0 Å². The molecule has 4 aromatic carbocycles. The van der Waals surface area contributed by atoms with E-state index in [1.165, 1.54) is 19.1 Å². The van der Waals surface area contributed by atoms with Crippen molar-refractivity contribution < 1.29 is 38.1 Å². The van der Waals surface area contributed by atoms with Crippen molar-refractivity contribution in [3.63, 3.8) is 0 Å². The minimum absolute atomic E-state index is 0.283. The molecule has 3 aliphatic heterocycles. The number of nitrogens with one attached hydrogen (secondary N) is 2. The van der Waals surface area contributed by atoms with Gasteiger partial charge in [-0.1, -0.05) is 121 Å². The maximum Gasteiger partial charge on any atom is 0.354 e. The first-order chi connectivity index (χ1) is 35.1. The van der Waals surface area contributed by atoms with Crippen molar-refractivity contribution in [3.8, 4) is 44.5 Å². The van der Waals surface area contributed by atoms with E-state index in [4.69, 9.17) is 28.9 Å².